The van der Waals surface area contributed by atoms with Crippen LogP contribution in [0.25, 0.3) is 5.69 Å². The normalized spacial score (nSPS) is 12.5. The molecule has 1 heterocycles. The molecule has 1 atom stereocenters. The third-order valence-corrected chi connectivity index (χ3v) is 2.96. The van der Waals surface area contributed by atoms with Crippen LogP contribution in [0.2, 0.25) is 0 Å². The lowest BCUT2D eigenvalue weighted by molar-refractivity contribution is -0.139. The molecule has 0 fully saturated rings. The van der Waals surface area contributed by atoms with Gasteiger partial charge in [-0.2, -0.15) is 0 Å². The van der Waals surface area contributed by atoms with Gasteiger partial charge in [-0.15, -0.1) is 5.10 Å². The molecule has 1 aromatic heterocycles. The SMILES string of the molecule is CC(C)(C)OC(=O)NC(Cc1cn(-c2ccccc2)nn1)C(=O)O. The highest BCUT2D eigenvalue weighted by molar-refractivity contribution is 5.80. The van der Waals surface area contributed by atoms with E-state index in [1.807, 2.05) is 30.3 Å². The molecule has 0 spiro atoms. The van der Waals surface area contributed by atoms with Crippen LogP contribution in [0.15, 0.2) is 36.5 Å². The summed E-state index contributed by atoms with van der Waals surface area (Å²) in [6.07, 6.45) is 0.842. The number of carboxylic acid groups (broad SMARTS) is 1. The molecule has 24 heavy (non-hydrogen) atoms. The van der Waals surface area contributed by atoms with Gasteiger partial charge < -0.3 is 15.2 Å². The predicted molar refractivity (Wildman–Crippen MR) is 85.9 cm³/mol. The molecule has 0 saturated heterocycles. The lowest BCUT2D eigenvalue weighted by Gasteiger charge is -2.21. The van der Waals surface area contributed by atoms with E-state index in [2.05, 4.69) is 15.6 Å². The van der Waals surface area contributed by atoms with Crippen LogP contribution < -0.4 is 5.32 Å². The van der Waals surface area contributed by atoms with Crippen LogP contribution in [-0.4, -0.2) is 43.8 Å². The number of nitrogens with zero attached hydrogens (tertiary/aromatic N) is 3. The Bertz CT molecular complexity index is 706. The van der Waals surface area contributed by atoms with Crippen molar-refractivity contribution in [1.82, 2.24) is 20.3 Å². The smallest absolute Gasteiger partial charge is 0.408 e. The van der Waals surface area contributed by atoms with Gasteiger partial charge in [0.1, 0.15) is 11.6 Å². The van der Waals surface area contributed by atoms with Crippen LogP contribution in [0.5, 0.6) is 0 Å². The van der Waals surface area contributed by atoms with E-state index in [4.69, 9.17) is 4.74 Å². The highest BCUT2D eigenvalue weighted by Crippen LogP contribution is 2.09. The molecule has 1 unspecified atom stereocenters. The van der Waals surface area contributed by atoms with Gasteiger partial charge in [0.15, 0.2) is 0 Å². The van der Waals surface area contributed by atoms with Gasteiger partial charge in [-0.1, -0.05) is 23.4 Å². The summed E-state index contributed by atoms with van der Waals surface area (Å²) in [6, 6.07) is 8.16. The van der Waals surface area contributed by atoms with Crippen molar-refractivity contribution in [2.24, 2.45) is 0 Å². The zero-order valence-electron chi connectivity index (χ0n) is 13.8. The second-order valence-corrected chi connectivity index (χ2v) is 6.23. The van der Waals surface area contributed by atoms with Gasteiger partial charge in [0.05, 0.1) is 17.6 Å². The number of para-hydroxylation sites is 1. The fourth-order valence-corrected chi connectivity index (χ4v) is 1.96. The van der Waals surface area contributed by atoms with Crippen LogP contribution in [0.3, 0.4) is 0 Å². The quantitative estimate of drug-likeness (QED) is 0.864. The first-order chi connectivity index (χ1) is 11.2. The maximum atomic E-state index is 11.8. The van der Waals surface area contributed by atoms with Crippen LogP contribution in [0.1, 0.15) is 26.5 Å². The molecule has 0 aliphatic heterocycles. The fourth-order valence-electron chi connectivity index (χ4n) is 1.96. The summed E-state index contributed by atoms with van der Waals surface area (Å²) in [5.41, 5.74) is 0.550. The van der Waals surface area contributed by atoms with Crippen molar-refractivity contribution in [2.75, 3.05) is 0 Å². The highest BCUT2D eigenvalue weighted by atomic mass is 16.6. The summed E-state index contributed by atoms with van der Waals surface area (Å²) < 4.78 is 6.62. The standard InChI is InChI=1S/C16H20N4O4/c1-16(2,3)24-15(23)17-13(14(21)22)9-11-10-20(19-18-11)12-7-5-4-6-8-12/h4-8,10,13H,9H2,1-3H3,(H,17,23)(H,21,22). The highest BCUT2D eigenvalue weighted by Gasteiger charge is 2.25. The average Bonchev–Trinajstić information content (AvgIpc) is 2.94. The molecular formula is C16H20N4O4. The van der Waals surface area contributed by atoms with Crippen LogP contribution in [0.4, 0.5) is 4.79 Å². The van der Waals surface area contributed by atoms with Gasteiger partial charge in [0.2, 0.25) is 0 Å². The Morgan fingerprint density at radius 1 is 1.29 bits per heavy atom. The first-order valence-electron chi connectivity index (χ1n) is 7.43. The fraction of sp³-hybridized carbons (Fsp3) is 0.375. The van der Waals surface area contributed by atoms with E-state index < -0.39 is 23.7 Å². The topological polar surface area (TPSA) is 106 Å². The number of carbonyl (C=O) groups is 2. The molecule has 128 valence electrons. The lowest BCUT2D eigenvalue weighted by Crippen LogP contribution is -2.44. The largest absolute Gasteiger partial charge is 0.480 e. The summed E-state index contributed by atoms with van der Waals surface area (Å²) in [7, 11) is 0. The van der Waals surface area contributed by atoms with E-state index >= 15 is 0 Å². The minimum atomic E-state index is -1.17. The number of amides is 1. The molecule has 2 rings (SSSR count). The van der Waals surface area contributed by atoms with Crippen LogP contribution in [0, 0.1) is 0 Å². The van der Waals surface area contributed by atoms with E-state index in [1.165, 1.54) is 0 Å². The first kappa shape index (κ1) is 17.5. The number of rotatable bonds is 5. The summed E-state index contributed by atoms with van der Waals surface area (Å²) in [6.45, 7) is 5.11. The number of nitrogens with one attached hydrogen (secondary N) is 1. The minimum Gasteiger partial charge on any atom is -0.480 e. The molecule has 2 aromatic rings. The molecule has 0 saturated carbocycles. The Morgan fingerprint density at radius 3 is 2.54 bits per heavy atom. The lowest BCUT2D eigenvalue weighted by atomic mass is 10.1. The monoisotopic (exact) mass is 332 g/mol. The molecule has 0 aliphatic carbocycles. The van der Waals surface area contributed by atoms with Crippen molar-refractivity contribution in [2.45, 2.75) is 38.8 Å². The van der Waals surface area contributed by atoms with E-state index in [1.54, 1.807) is 31.6 Å². The number of aromatic nitrogens is 3. The van der Waals surface area contributed by atoms with E-state index in [9.17, 15) is 14.7 Å². The van der Waals surface area contributed by atoms with Crippen molar-refractivity contribution >= 4 is 12.1 Å². The second kappa shape index (κ2) is 7.12. The first-order valence-corrected chi connectivity index (χ1v) is 7.43. The van der Waals surface area contributed by atoms with Gasteiger partial charge in [-0.25, -0.2) is 14.3 Å². The van der Waals surface area contributed by atoms with Gasteiger partial charge >= 0.3 is 12.1 Å². The van der Waals surface area contributed by atoms with Crippen molar-refractivity contribution in [3.8, 4) is 5.69 Å². The van der Waals surface area contributed by atoms with Gasteiger partial charge in [-0.05, 0) is 32.9 Å². The average molecular weight is 332 g/mol. The van der Waals surface area contributed by atoms with E-state index in [0.29, 0.717) is 5.69 Å². The number of carbonyl (C=O) groups excluding carboxylic acids is 1. The van der Waals surface area contributed by atoms with Crippen LogP contribution in [-0.2, 0) is 16.0 Å². The van der Waals surface area contributed by atoms with Gasteiger partial charge in [0.25, 0.3) is 0 Å². The third kappa shape index (κ3) is 5.08. The molecule has 8 heteroatoms. The molecular weight excluding hydrogens is 312 g/mol. The van der Waals surface area contributed by atoms with Crippen molar-refractivity contribution < 1.29 is 19.4 Å². The Morgan fingerprint density at radius 2 is 1.96 bits per heavy atom. The number of alkyl carbamates (subject to hydrolysis) is 1. The Hall–Kier alpha value is -2.90. The van der Waals surface area contributed by atoms with Gasteiger partial charge in [-0.3, -0.25) is 0 Å². The zero-order valence-corrected chi connectivity index (χ0v) is 13.8. The second-order valence-electron chi connectivity index (χ2n) is 6.23. The number of carboxylic acids is 1. The molecule has 0 bridgehead atoms. The minimum absolute atomic E-state index is 0.00140. The Labute approximate surface area is 139 Å². The molecule has 0 aliphatic rings. The summed E-state index contributed by atoms with van der Waals surface area (Å²) in [5, 5.41) is 19.5. The summed E-state index contributed by atoms with van der Waals surface area (Å²) in [5.74, 6) is -1.17. The molecule has 2 N–H and O–H groups in total. The number of ether oxygens (including phenoxy) is 1. The molecule has 8 nitrogen and oxygen atoms in total. The Kier molecular flexibility index (Phi) is 5.18. The summed E-state index contributed by atoms with van der Waals surface area (Å²) >= 11 is 0. The van der Waals surface area contributed by atoms with Gasteiger partial charge in [0, 0.05) is 6.42 Å². The number of benzene rings is 1. The Balaban J connectivity index is 2.05. The molecule has 1 amide bonds. The number of hydrogen-bond donors (Lipinski definition) is 2. The number of hydrogen-bond acceptors (Lipinski definition) is 5. The predicted octanol–water partition coefficient (Wildman–Crippen LogP) is 1.79. The van der Waals surface area contributed by atoms with E-state index in [0.717, 1.165) is 5.69 Å². The number of aliphatic carboxylic acids is 1. The molecule has 0 radical (unpaired) electrons. The van der Waals surface area contributed by atoms with Crippen molar-refractivity contribution in [3.05, 3.63) is 42.2 Å². The van der Waals surface area contributed by atoms with E-state index in [-0.39, 0.29) is 6.42 Å². The summed E-state index contributed by atoms with van der Waals surface area (Å²) in [4.78, 5) is 23.1. The zero-order chi connectivity index (χ0) is 17.7. The van der Waals surface area contributed by atoms with Crippen LogP contribution >= 0.6 is 0 Å². The maximum absolute atomic E-state index is 11.8. The third-order valence-electron chi connectivity index (χ3n) is 2.96. The van der Waals surface area contributed by atoms with Crippen molar-refractivity contribution in [3.63, 3.8) is 0 Å². The maximum Gasteiger partial charge on any atom is 0.408 e. The molecule has 1 aromatic carbocycles. The van der Waals surface area contributed by atoms with Crippen molar-refractivity contribution in [1.29, 1.82) is 0 Å².